The molecule has 21 heavy (non-hydrogen) atoms. The van der Waals surface area contributed by atoms with Gasteiger partial charge in [0.15, 0.2) is 6.10 Å². The quantitative estimate of drug-likeness (QED) is 0.887. The van der Waals surface area contributed by atoms with Crippen molar-refractivity contribution in [3.8, 4) is 5.75 Å². The average molecular weight is 291 g/mol. The number of rotatable bonds is 4. The van der Waals surface area contributed by atoms with Crippen LogP contribution in [0.5, 0.6) is 5.75 Å². The maximum Gasteiger partial charge on any atom is 0.308 e. The Bertz CT molecular complexity index is 551. The van der Waals surface area contributed by atoms with Gasteiger partial charge in [0.1, 0.15) is 5.75 Å². The van der Waals surface area contributed by atoms with E-state index in [9.17, 15) is 9.59 Å². The Hall–Kier alpha value is -2.04. The zero-order chi connectivity index (χ0) is 15.7. The van der Waals surface area contributed by atoms with Crippen molar-refractivity contribution in [2.45, 2.75) is 46.3 Å². The lowest BCUT2D eigenvalue weighted by atomic mass is 10.0. The zero-order valence-corrected chi connectivity index (χ0v) is 12.8. The molecule has 0 aromatic heterocycles. The number of hydrogen-bond acceptors (Lipinski definition) is 3. The maximum absolute atomic E-state index is 12.2. The topological polar surface area (TPSA) is 75.6 Å². The lowest BCUT2D eigenvalue weighted by molar-refractivity contribution is -0.142. The monoisotopic (exact) mass is 291 g/mol. The number of aliphatic carboxylic acids is 1. The normalized spacial score (nSPS) is 19.3. The van der Waals surface area contributed by atoms with E-state index >= 15 is 0 Å². The summed E-state index contributed by atoms with van der Waals surface area (Å²) in [4.78, 5) is 23.1. The van der Waals surface area contributed by atoms with Crippen LogP contribution in [0.25, 0.3) is 0 Å². The highest BCUT2D eigenvalue weighted by Gasteiger charge is 2.31. The van der Waals surface area contributed by atoms with E-state index in [1.54, 1.807) is 13.8 Å². The van der Waals surface area contributed by atoms with Gasteiger partial charge in [-0.3, -0.25) is 9.59 Å². The van der Waals surface area contributed by atoms with E-state index in [-0.39, 0.29) is 5.91 Å². The van der Waals surface area contributed by atoms with Crippen molar-refractivity contribution in [3.05, 3.63) is 28.8 Å². The molecule has 1 aromatic rings. The third kappa shape index (κ3) is 3.17. The molecule has 5 nitrogen and oxygen atoms in total. The van der Waals surface area contributed by atoms with Crippen molar-refractivity contribution >= 4 is 11.9 Å². The van der Waals surface area contributed by atoms with E-state index in [0.29, 0.717) is 6.42 Å². The van der Waals surface area contributed by atoms with Crippen LogP contribution < -0.4 is 10.1 Å². The average Bonchev–Trinajstić information content (AvgIpc) is 2.81. The van der Waals surface area contributed by atoms with Gasteiger partial charge in [-0.25, -0.2) is 0 Å². The van der Waals surface area contributed by atoms with Gasteiger partial charge in [-0.2, -0.15) is 0 Å². The van der Waals surface area contributed by atoms with Crippen LogP contribution in [0.1, 0.15) is 30.5 Å². The van der Waals surface area contributed by atoms with Crippen molar-refractivity contribution in [1.82, 2.24) is 5.32 Å². The lowest BCUT2D eigenvalue weighted by Gasteiger charge is -2.20. The first-order valence-corrected chi connectivity index (χ1v) is 7.09. The molecule has 0 fully saturated rings. The Morgan fingerprint density at radius 3 is 2.52 bits per heavy atom. The maximum atomic E-state index is 12.2. The zero-order valence-electron chi connectivity index (χ0n) is 12.8. The second kappa shape index (κ2) is 5.76. The van der Waals surface area contributed by atoms with Crippen molar-refractivity contribution < 1.29 is 19.4 Å². The second-order valence-electron chi connectivity index (χ2n) is 5.78. The Balaban J connectivity index is 2.02. The summed E-state index contributed by atoms with van der Waals surface area (Å²) in [7, 11) is 0. The van der Waals surface area contributed by atoms with Gasteiger partial charge in [-0.1, -0.05) is 6.07 Å². The molecule has 0 aliphatic carbocycles. The number of hydrogen-bond donors (Lipinski definition) is 2. The summed E-state index contributed by atoms with van der Waals surface area (Å²) in [6.45, 7) is 7.29. The van der Waals surface area contributed by atoms with Gasteiger partial charge in [-0.15, -0.1) is 0 Å². The Kier molecular flexibility index (Phi) is 4.21. The molecule has 1 heterocycles. The minimum Gasteiger partial charge on any atom is -0.481 e. The highest BCUT2D eigenvalue weighted by atomic mass is 16.5. The summed E-state index contributed by atoms with van der Waals surface area (Å²) in [5.74, 6) is -1.08. The first-order valence-electron chi connectivity index (χ1n) is 7.09. The van der Waals surface area contributed by atoms with E-state index in [4.69, 9.17) is 9.84 Å². The van der Waals surface area contributed by atoms with Crippen LogP contribution in [0, 0.1) is 19.8 Å². The SMILES string of the molecule is Cc1cc2c(cc1C)OC(C(=O)NC(C)C(C)C(=O)O)C2. The Morgan fingerprint density at radius 1 is 1.29 bits per heavy atom. The number of carboxylic acids is 1. The summed E-state index contributed by atoms with van der Waals surface area (Å²) < 4.78 is 5.69. The molecule has 0 spiro atoms. The van der Waals surface area contributed by atoms with Crippen LogP contribution in [-0.4, -0.2) is 29.1 Å². The first-order chi connectivity index (χ1) is 9.79. The fraction of sp³-hybridized carbons (Fsp3) is 0.500. The van der Waals surface area contributed by atoms with E-state index in [1.807, 2.05) is 26.0 Å². The molecule has 3 unspecified atom stereocenters. The van der Waals surface area contributed by atoms with Gasteiger partial charge < -0.3 is 15.2 Å². The number of fused-ring (bicyclic) bond motifs is 1. The molecular weight excluding hydrogens is 270 g/mol. The molecule has 5 heteroatoms. The van der Waals surface area contributed by atoms with Crippen molar-refractivity contribution in [1.29, 1.82) is 0 Å². The molecule has 1 aromatic carbocycles. The van der Waals surface area contributed by atoms with Crippen LogP contribution >= 0.6 is 0 Å². The number of nitrogens with one attached hydrogen (secondary N) is 1. The third-order valence-corrected chi connectivity index (χ3v) is 4.15. The van der Waals surface area contributed by atoms with Crippen LogP contribution in [0.4, 0.5) is 0 Å². The fourth-order valence-corrected chi connectivity index (χ4v) is 2.32. The molecular formula is C16H21NO4. The molecule has 1 aliphatic heterocycles. The van der Waals surface area contributed by atoms with Gasteiger partial charge in [0.2, 0.25) is 0 Å². The molecule has 1 aliphatic rings. The van der Waals surface area contributed by atoms with E-state index in [1.165, 1.54) is 5.56 Å². The van der Waals surface area contributed by atoms with Crippen LogP contribution in [0.2, 0.25) is 0 Å². The smallest absolute Gasteiger partial charge is 0.308 e. The van der Waals surface area contributed by atoms with Crippen LogP contribution in [0.3, 0.4) is 0 Å². The summed E-state index contributed by atoms with van der Waals surface area (Å²) in [6.07, 6.45) is -0.0548. The summed E-state index contributed by atoms with van der Waals surface area (Å²) >= 11 is 0. The van der Waals surface area contributed by atoms with E-state index in [2.05, 4.69) is 5.32 Å². The summed E-state index contributed by atoms with van der Waals surface area (Å²) in [6, 6.07) is 3.55. The largest absolute Gasteiger partial charge is 0.481 e. The van der Waals surface area contributed by atoms with Crippen molar-refractivity contribution in [2.75, 3.05) is 0 Å². The van der Waals surface area contributed by atoms with E-state index < -0.39 is 24.0 Å². The molecule has 1 amide bonds. The molecule has 114 valence electrons. The number of carbonyl (C=O) groups excluding carboxylic acids is 1. The van der Waals surface area contributed by atoms with Gasteiger partial charge in [0.05, 0.1) is 5.92 Å². The highest BCUT2D eigenvalue weighted by Crippen LogP contribution is 2.31. The molecule has 0 radical (unpaired) electrons. The van der Waals surface area contributed by atoms with Gasteiger partial charge in [-0.05, 0) is 50.5 Å². The third-order valence-electron chi connectivity index (χ3n) is 4.15. The molecule has 0 saturated heterocycles. The number of benzene rings is 1. The molecule has 3 atom stereocenters. The van der Waals surface area contributed by atoms with Gasteiger partial charge in [0, 0.05) is 12.5 Å². The predicted molar refractivity (Wildman–Crippen MR) is 78.4 cm³/mol. The fourth-order valence-electron chi connectivity index (χ4n) is 2.32. The predicted octanol–water partition coefficient (Wildman–Crippen LogP) is 1.83. The summed E-state index contributed by atoms with van der Waals surface area (Å²) in [5, 5.41) is 11.7. The minimum atomic E-state index is -0.926. The van der Waals surface area contributed by atoms with Crippen molar-refractivity contribution in [2.24, 2.45) is 5.92 Å². The van der Waals surface area contributed by atoms with Gasteiger partial charge >= 0.3 is 5.97 Å². The molecule has 0 saturated carbocycles. The number of carboxylic acid groups (broad SMARTS) is 1. The second-order valence-corrected chi connectivity index (χ2v) is 5.78. The Labute approximate surface area is 124 Å². The molecule has 2 rings (SSSR count). The number of aryl methyl sites for hydroxylation is 2. The lowest BCUT2D eigenvalue weighted by Crippen LogP contribution is -2.46. The number of ether oxygens (including phenoxy) is 1. The highest BCUT2D eigenvalue weighted by molar-refractivity contribution is 5.83. The standard InChI is InChI=1S/C16H21NO4/c1-8-5-12-7-14(21-13(12)6-9(8)2)15(18)17-11(4)10(3)16(19)20/h5-6,10-11,14H,7H2,1-4H3,(H,17,18)(H,19,20). The van der Waals surface area contributed by atoms with Crippen LogP contribution in [0.15, 0.2) is 12.1 Å². The van der Waals surface area contributed by atoms with Crippen LogP contribution in [-0.2, 0) is 16.0 Å². The van der Waals surface area contributed by atoms with Gasteiger partial charge in [0.25, 0.3) is 5.91 Å². The molecule has 2 N–H and O–H groups in total. The summed E-state index contributed by atoms with van der Waals surface area (Å²) in [5.41, 5.74) is 3.33. The first kappa shape index (κ1) is 15.4. The Morgan fingerprint density at radius 2 is 1.90 bits per heavy atom. The van der Waals surface area contributed by atoms with E-state index in [0.717, 1.165) is 16.9 Å². The number of carbonyl (C=O) groups is 2. The number of amides is 1. The molecule has 0 bridgehead atoms. The minimum absolute atomic E-state index is 0.262. The van der Waals surface area contributed by atoms with Crippen molar-refractivity contribution in [3.63, 3.8) is 0 Å².